The van der Waals surface area contributed by atoms with E-state index in [2.05, 4.69) is 0 Å². The van der Waals surface area contributed by atoms with Crippen LogP contribution < -0.4 is 0 Å². The van der Waals surface area contributed by atoms with Crippen molar-refractivity contribution in [1.29, 1.82) is 0 Å². The molecule has 0 bridgehead atoms. The maximum absolute atomic E-state index is 10.9. The SMILES string of the molecule is CC(=O)O[C@@H]1[C@H](C)O[C@@H](O)C[C@H]1OC(C)=O. The van der Waals surface area contributed by atoms with Crippen LogP contribution in [0.5, 0.6) is 0 Å². The van der Waals surface area contributed by atoms with Gasteiger partial charge in [-0.1, -0.05) is 0 Å². The second kappa shape index (κ2) is 5.27. The molecule has 92 valence electrons. The first-order chi connectivity index (χ1) is 7.40. The molecule has 1 N–H and O–H groups in total. The van der Waals surface area contributed by atoms with Crippen LogP contribution in [0.3, 0.4) is 0 Å². The van der Waals surface area contributed by atoms with Crippen LogP contribution in [0.25, 0.3) is 0 Å². The van der Waals surface area contributed by atoms with Gasteiger partial charge in [-0.2, -0.15) is 0 Å². The van der Waals surface area contributed by atoms with Crippen LogP contribution in [0.4, 0.5) is 0 Å². The molecule has 4 atom stereocenters. The van der Waals surface area contributed by atoms with E-state index in [1.165, 1.54) is 13.8 Å². The van der Waals surface area contributed by atoms with Crippen molar-refractivity contribution in [2.75, 3.05) is 0 Å². The Hall–Kier alpha value is -1.14. The van der Waals surface area contributed by atoms with E-state index in [1.54, 1.807) is 6.92 Å². The minimum atomic E-state index is -1.01. The van der Waals surface area contributed by atoms with E-state index in [0.717, 1.165) is 0 Å². The molecule has 0 amide bonds. The number of rotatable bonds is 2. The summed E-state index contributed by atoms with van der Waals surface area (Å²) < 4.78 is 15.1. The second-order valence-electron chi connectivity index (χ2n) is 3.75. The van der Waals surface area contributed by atoms with Crippen LogP contribution in [-0.2, 0) is 23.8 Å². The van der Waals surface area contributed by atoms with Crippen LogP contribution in [0.1, 0.15) is 27.2 Å². The largest absolute Gasteiger partial charge is 0.458 e. The normalized spacial score (nSPS) is 34.2. The van der Waals surface area contributed by atoms with Crippen LogP contribution in [0, 0.1) is 0 Å². The third-order valence-electron chi connectivity index (χ3n) is 2.25. The Labute approximate surface area is 93.5 Å². The van der Waals surface area contributed by atoms with Crippen molar-refractivity contribution >= 4 is 11.9 Å². The van der Waals surface area contributed by atoms with Crippen molar-refractivity contribution in [3.63, 3.8) is 0 Å². The van der Waals surface area contributed by atoms with Crippen molar-refractivity contribution in [1.82, 2.24) is 0 Å². The number of carbonyl (C=O) groups is 2. The van der Waals surface area contributed by atoms with Gasteiger partial charge >= 0.3 is 11.9 Å². The van der Waals surface area contributed by atoms with Gasteiger partial charge in [0.15, 0.2) is 12.4 Å². The highest BCUT2D eigenvalue weighted by Crippen LogP contribution is 2.24. The molecule has 6 heteroatoms. The zero-order valence-corrected chi connectivity index (χ0v) is 9.50. The predicted molar refractivity (Wildman–Crippen MR) is 52.3 cm³/mol. The van der Waals surface area contributed by atoms with Crippen LogP contribution >= 0.6 is 0 Å². The van der Waals surface area contributed by atoms with Gasteiger partial charge in [0.05, 0.1) is 6.10 Å². The molecule has 1 aliphatic rings. The lowest BCUT2D eigenvalue weighted by Crippen LogP contribution is -2.50. The Balaban J connectivity index is 2.71. The number of esters is 2. The lowest BCUT2D eigenvalue weighted by Gasteiger charge is -2.37. The minimum Gasteiger partial charge on any atom is -0.458 e. The summed E-state index contributed by atoms with van der Waals surface area (Å²) in [5, 5.41) is 9.36. The van der Waals surface area contributed by atoms with E-state index >= 15 is 0 Å². The minimum absolute atomic E-state index is 0.0991. The smallest absolute Gasteiger partial charge is 0.303 e. The molecule has 16 heavy (non-hydrogen) atoms. The molecule has 0 radical (unpaired) electrons. The summed E-state index contributed by atoms with van der Waals surface area (Å²) >= 11 is 0. The Bertz CT molecular complexity index is 276. The van der Waals surface area contributed by atoms with Crippen LogP contribution in [0.15, 0.2) is 0 Å². The number of aliphatic hydroxyl groups is 1. The molecule has 0 aliphatic carbocycles. The van der Waals surface area contributed by atoms with Gasteiger partial charge < -0.3 is 19.3 Å². The molecule has 1 rings (SSSR count). The van der Waals surface area contributed by atoms with E-state index in [4.69, 9.17) is 14.2 Å². The van der Waals surface area contributed by atoms with Crippen molar-refractivity contribution in [2.24, 2.45) is 0 Å². The summed E-state index contributed by atoms with van der Waals surface area (Å²) in [7, 11) is 0. The Morgan fingerprint density at radius 3 is 2.31 bits per heavy atom. The average molecular weight is 232 g/mol. The number of ether oxygens (including phenoxy) is 3. The first-order valence-corrected chi connectivity index (χ1v) is 5.08. The topological polar surface area (TPSA) is 82.1 Å². The van der Waals surface area contributed by atoms with Gasteiger partial charge in [0.2, 0.25) is 0 Å². The van der Waals surface area contributed by atoms with E-state index in [-0.39, 0.29) is 6.42 Å². The summed E-state index contributed by atoms with van der Waals surface area (Å²) in [6.45, 7) is 4.17. The van der Waals surface area contributed by atoms with E-state index in [1.807, 2.05) is 0 Å². The highest BCUT2D eigenvalue weighted by atomic mass is 16.7. The van der Waals surface area contributed by atoms with Gasteiger partial charge in [-0.25, -0.2) is 0 Å². The fraction of sp³-hybridized carbons (Fsp3) is 0.800. The molecule has 0 aromatic heterocycles. The summed E-state index contributed by atoms with van der Waals surface area (Å²) in [5.41, 5.74) is 0. The maximum atomic E-state index is 10.9. The van der Waals surface area contributed by atoms with Crippen molar-refractivity contribution in [3.05, 3.63) is 0 Å². The molecular weight excluding hydrogens is 216 g/mol. The molecule has 1 aliphatic heterocycles. The Morgan fingerprint density at radius 2 is 1.81 bits per heavy atom. The average Bonchev–Trinajstić information content (AvgIpc) is 2.09. The highest BCUT2D eigenvalue weighted by Gasteiger charge is 2.40. The number of hydrogen-bond donors (Lipinski definition) is 1. The lowest BCUT2D eigenvalue weighted by molar-refractivity contribution is -0.241. The molecule has 0 saturated carbocycles. The first-order valence-electron chi connectivity index (χ1n) is 5.08. The van der Waals surface area contributed by atoms with Gasteiger partial charge in [0.25, 0.3) is 0 Å². The van der Waals surface area contributed by atoms with Gasteiger partial charge in [-0.3, -0.25) is 9.59 Å². The predicted octanol–water partition coefficient (Wildman–Crippen LogP) is -0.0230. The summed E-state index contributed by atoms with van der Waals surface area (Å²) in [4.78, 5) is 21.8. The van der Waals surface area contributed by atoms with Gasteiger partial charge in [-0.05, 0) is 6.92 Å². The van der Waals surface area contributed by atoms with Crippen molar-refractivity contribution < 1.29 is 28.9 Å². The highest BCUT2D eigenvalue weighted by molar-refractivity contribution is 5.67. The number of carbonyl (C=O) groups excluding carboxylic acids is 2. The summed E-state index contributed by atoms with van der Waals surface area (Å²) in [5.74, 6) is -0.961. The van der Waals surface area contributed by atoms with Gasteiger partial charge in [0, 0.05) is 20.3 Å². The molecule has 1 heterocycles. The molecule has 0 aromatic carbocycles. The maximum Gasteiger partial charge on any atom is 0.303 e. The molecule has 6 nitrogen and oxygen atoms in total. The zero-order chi connectivity index (χ0) is 12.3. The monoisotopic (exact) mass is 232 g/mol. The van der Waals surface area contributed by atoms with E-state index in [9.17, 15) is 14.7 Å². The van der Waals surface area contributed by atoms with Crippen LogP contribution in [-0.4, -0.2) is 41.6 Å². The van der Waals surface area contributed by atoms with E-state index in [0.29, 0.717) is 0 Å². The molecule has 1 saturated heterocycles. The quantitative estimate of drug-likeness (QED) is 0.674. The molecular formula is C10H16O6. The fourth-order valence-corrected chi connectivity index (χ4v) is 1.71. The Kier molecular flexibility index (Phi) is 4.26. The number of hydrogen-bond acceptors (Lipinski definition) is 6. The molecule has 0 aromatic rings. The molecule has 0 spiro atoms. The fourth-order valence-electron chi connectivity index (χ4n) is 1.71. The van der Waals surface area contributed by atoms with Crippen LogP contribution in [0.2, 0.25) is 0 Å². The third-order valence-corrected chi connectivity index (χ3v) is 2.25. The van der Waals surface area contributed by atoms with Gasteiger partial charge in [0.1, 0.15) is 6.10 Å². The van der Waals surface area contributed by atoms with Crippen molar-refractivity contribution in [2.45, 2.75) is 51.8 Å². The van der Waals surface area contributed by atoms with Gasteiger partial charge in [-0.15, -0.1) is 0 Å². The second-order valence-corrected chi connectivity index (χ2v) is 3.75. The molecule has 0 unspecified atom stereocenters. The summed E-state index contributed by atoms with van der Waals surface area (Å²) in [6, 6.07) is 0. The summed E-state index contributed by atoms with van der Waals surface area (Å²) in [6.07, 6.45) is -2.77. The lowest BCUT2D eigenvalue weighted by atomic mass is 10.0. The zero-order valence-electron chi connectivity index (χ0n) is 9.50. The number of aliphatic hydroxyl groups excluding tert-OH is 1. The third kappa shape index (κ3) is 3.46. The molecule has 1 fully saturated rings. The first kappa shape index (κ1) is 12.9. The van der Waals surface area contributed by atoms with E-state index < -0.39 is 36.5 Å². The Morgan fingerprint density at radius 1 is 1.25 bits per heavy atom. The standard InChI is InChI=1S/C10H16O6/c1-5-10(16-7(3)12)8(15-6(2)11)4-9(13)14-5/h5,8-10,13H,4H2,1-3H3/t5-,8+,9+,10+/m0/s1. The van der Waals surface area contributed by atoms with Crippen molar-refractivity contribution in [3.8, 4) is 0 Å².